The molecule has 20 heavy (non-hydrogen) atoms. The first kappa shape index (κ1) is 13.8. The number of aryl methyl sites for hydroxylation is 2. The molecule has 3 rings (SSSR count). The molecule has 1 atom stereocenters. The van der Waals surface area contributed by atoms with Crippen LogP contribution in [0, 0.1) is 6.92 Å². The number of nitrogens with one attached hydrogen (secondary N) is 1. The third-order valence-corrected chi connectivity index (χ3v) is 5.05. The fourth-order valence-corrected chi connectivity index (χ4v) is 3.20. The van der Waals surface area contributed by atoms with Crippen LogP contribution in [-0.2, 0) is 19.4 Å². The number of fused-ring (bicyclic) bond motifs is 1. The van der Waals surface area contributed by atoms with Crippen molar-refractivity contribution in [2.24, 2.45) is 0 Å². The molecule has 0 heterocycles. The third kappa shape index (κ3) is 3.13. The normalized spacial score (nSPS) is 17.8. The van der Waals surface area contributed by atoms with Crippen LogP contribution >= 0.6 is 15.9 Å². The van der Waals surface area contributed by atoms with Gasteiger partial charge in [-0.05, 0) is 54.5 Å². The predicted molar refractivity (Wildman–Crippen MR) is 88.0 cm³/mol. The van der Waals surface area contributed by atoms with E-state index in [9.17, 15) is 0 Å². The second kappa shape index (κ2) is 6.11. The maximum atomic E-state index is 3.71. The fraction of sp³-hybridized carbons (Fsp3) is 0.333. The zero-order valence-corrected chi connectivity index (χ0v) is 13.4. The molecule has 0 amide bonds. The van der Waals surface area contributed by atoms with E-state index >= 15 is 0 Å². The lowest BCUT2D eigenvalue weighted by molar-refractivity contribution is 0.457. The van der Waals surface area contributed by atoms with Gasteiger partial charge in [-0.2, -0.15) is 0 Å². The highest BCUT2D eigenvalue weighted by Gasteiger charge is 2.17. The monoisotopic (exact) mass is 329 g/mol. The van der Waals surface area contributed by atoms with Gasteiger partial charge in [0.2, 0.25) is 0 Å². The van der Waals surface area contributed by atoms with Gasteiger partial charge in [-0.15, -0.1) is 0 Å². The third-order valence-electron chi connectivity index (χ3n) is 4.16. The van der Waals surface area contributed by atoms with Crippen LogP contribution in [0.15, 0.2) is 46.9 Å². The van der Waals surface area contributed by atoms with Crippen molar-refractivity contribution in [1.82, 2.24) is 5.32 Å². The summed E-state index contributed by atoms with van der Waals surface area (Å²) in [5.41, 5.74) is 5.72. The highest BCUT2D eigenvalue weighted by atomic mass is 79.9. The highest BCUT2D eigenvalue weighted by molar-refractivity contribution is 9.10. The molecule has 0 bridgehead atoms. The van der Waals surface area contributed by atoms with Crippen molar-refractivity contribution in [3.8, 4) is 0 Å². The summed E-state index contributed by atoms with van der Waals surface area (Å²) in [5.74, 6) is 0. The van der Waals surface area contributed by atoms with Crippen molar-refractivity contribution in [3.63, 3.8) is 0 Å². The minimum Gasteiger partial charge on any atom is -0.310 e. The summed E-state index contributed by atoms with van der Waals surface area (Å²) in [5, 5.41) is 3.71. The SMILES string of the molecule is Cc1cc(CNC2CCc3ccccc3C2)ccc1Br. The van der Waals surface area contributed by atoms with E-state index < -0.39 is 0 Å². The zero-order valence-electron chi connectivity index (χ0n) is 11.8. The van der Waals surface area contributed by atoms with Gasteiger partial charge >= 0.3 is 0 Å². The second-order valence-electron chi connectivity index (χ2n) is 5.67. The van der Waals surface area contributed by atoms with Crippen molar-refractivity contribution in [1.29, 1.82) is 0 Å². The summed E-state index contributed by atoms with van der Waals surface area (Å²) in [6.07, 6.45) is 3.60. The van der Waals surface area contributed by atoms with Crippen molar-refractivity contribution in [3.05, 3.63) is 69.2 Å². The van der Waals surface area contributed by atoms with Crippen LogP contribution in [0.2, 0.25) is 0 Å². The van der Waals surface area contributed by atoms with E-state index in [-0.39, 0.29) is 0 Å². The molecule has 1 N–H and O–H groups in total. The molecule has 0 radical (unpaired) electrons. The molecule has 0 spiro atoms. The van der Waals surface area contributed by atoms with Crippen molar-refractivity contribution in [2.45, 2.75) is 38.8 Å². The smallest absolute Gasteiger partial charge is 0.0208 e. The molecule has 0 saturated heterocycles. The molecule has 2 aromatic carbocycles. The maximum Gasteiger partial charge on any atom is 0.0208 e. The Morgan fingerprint density at radius 1 is 1.15 bits per heavy atom. The minimum absolute atomic E-state index is 0.605. The number of benzene rings is 2. The maximum absolute atomic E-state index is 3.71. The van der Waals surface area contributed by atoms with Gasteiger partial charge in [0.05, 0.1) is 0 Å². The van der Waals surface area contributed by atoms with E-state index in [0.29, 0.717) is 6.04 Å². The molecule has 1 nitrogen and oxygen atoms in total. The van der Waals surface area contributed by atoms with Crippen LogP contribution in [0.3, 0.4) is 0 Å². The Morgan fingerprint density at radius 2 is 1.95 bits per heavy atom. The Kier molecular flexibility index (Phi) is 4.23. The largest absolute Gasteiger partial charge is 0.310 e. The van der Waals surface area contributed by atoms with E-state index in [2.05, 4.69) is 70.6 Å². The van der Waals surface area contributed by atoms with Gasteiger partial charge in [0.15, 0.2) is 0 Å². The average molecular weight is 330 g/mol. The van der Waals surface area contributed by atoms with Gasteiger partial charge in [-0.25, -0.2) is 0 Å². The fourth-order valence-electron chi connectivity index (χ4n) is 2.95. The molecule has 104 valence electrons. The lowest BCUT2D eigenvalue weighted by Gasteiger charge is -2.25. The van der Waals surface area contributed by atoms with E-state index in [1.165, 1.54) is 39.6 Å². The summed E-state index contributed by atoms with van der Waals surface area (Å²) in [6, 6.07) is 16.0. The summed E-state index contributed by atoms with van der Waals surface area (Å²) in [6.45, 7) is 3.10. The summed E-state index contributed by atoms with van der Waals surface area (Å²) in [4.78, 5) is 0. The van der Waals surface area contributed by atoms with Gasteiger partial charge < -0.3 is 5.32 Å². The second-order valence-corrected chi connectivity index (χ2v) is 6.53. The predicted octanol–water partition coefficient (Wildman–Crippen LogP) is 4.40. The van der Waals surface area contributed by atoms with Crippen LogP contribution < -0.4 is 5.32 Å². The molecule has 1 aliphatic carbocycles. The highest BCUT2D eigenvalue weighted by Crippen LogP contribution is 2.22. The van der Waals surface area contributed by atoms with Gasteiger partial charge in [0.1, 0.15) is 0 Å². The molecule has 0 saturated carbocycles. The van der Waals surface area contributed by atoms with Crippen LogP contribution in [-0.4, -0.2) is 6.04 Å². The molecule has 2 aromatic rings. The van der Waals surface area contributed by atoms with Crippen LogP contribution in [0.25, 0.3) is 0 Å². The average Bonchev–Trinajstić information content (AvgIpc) is 2.48. The summed E-state index contributed by atoms with van der Waals surface area (Å²) >= 11 is 3.55. The standard InChI is InChI=1S/C18H20BrN/c1-13-10-14(6-9-18(13)19)12-20-17-8-7-15-4-2-3-5-16(15)11-17/h2-6,9-10,17,20H,7-8,11-12H2,1H3. The Hall–Kier alpha value is -1.12. The Bertz CT molecular complexity index is 606. The zero-order chi connectivity index (χ0) is 13.9. The molecule has 1 unspecified atom stereocenters. The van der Waals surface area contributed by atoms with Crippen LogP contribution in [0.4, 0.5) is 0 Å². The van der Waals surface area contributed by atoms with E-state index in [1.54, 1.807) is 0 Å². The van der Waals surface area contributed by atoms with Crippen LogP contribution in [0.1, 0.15) is 28.7 Å². The quantitative estimate of drug-likeness (QED) is 0.879. The Morgan fingerprint density at radius 3 is 2.75 bits per heavy atom. The summed E-state index contributed by atoms with van der Waals surface area (Å²) in [7, 11) is 0. The molecule has 0 aromatic heterocycles. The topological polar surface area (TPSA) is 12.0 Å². The van der Waals surface area contributed by atoms with E-state index in [4.69, 9.17) is 0 Å². The number of hydrogen-bond acceptors (Lipinski definition) is 1. The van der Waals surface area contributed by atoms with Gasteiger partial charge in [-0.1, -0.05) is 52.3 Å². The lowest BCUT2D eigenvalue weighted by Crippen LogP contribution is -2.34. The molecule has 0 fully saturated rings. The van der Waals surface area contributed by atoms with Gasteiger partial charge in [-0.3, -0.25) is 0 Å². The van der Waals surface area contributed by atoms with Crippen molar-refractivity contribution in [2.75, 3.05) is 0 Å². The Labute approximate surface area is 129 Å². The van der Waals surface area contributed by atoms with Gasteiger partial charge in [0, 0.05) is 17.1 Å². The van der Waals surface area contributed by atoms with Crippen LogP contribution in [0.5, 0.6) is 0 Å². The molecule has 0 aliphatic heterocycles. The number of halogens is 1. The van der Waals surface area contributed by atoms with Gasteiger partial charge in [0.25, 0.3) is 0 Å². The molecule has 1 aliphatic rings. The molecular weight excluding hydrogens is 310 g/mol. The minimum atomic E-state index is 0.605. The van der Waals surface area contributed by atoms with E-state index in [0.717, 1.165) is 13.0 Å². The van der Waals surface area contributed by atoms with Crippen molar-refractivity contribution >= 4 is 15.9 Å². The number of rotatable bonds is 3. The molecule has 2 heteroatoms. The summed E-state index contributed by atoms with van der Waals surface area (Å²) < 4.78 is 1.19. The number of hydrogen-bond donors (Lipinski definition) is 1. The van der Waals surface area contributed by atoms with E-state index in [1.807, 2.05) is 0 Å². The Balaban J connectivity index is 1.61. The van der Waals surface area contributed by atoms with Crippen molar-refractivity contribution < 1.29 is 0 Å². The first-order valence-corrected chi connectivity index (χ1v) is 8.07. The molecular formula is C18H20BrN. The first-order valence-electron chi connectivity index (χ1n) is 7.27. The lowest BCUT2D eigenvalue weighted by atomic mass is 9.88. The first-order chi connectivity index (χ1) is 9.72.